The molecule has 2 saturated heterocycles. The Morgan fingerprint density at radius 3 is 0.791 bits per heavy atom. The highest BCUT2D eigenvalue weighted by Crippen LogP contribution is 2.58. The van der Waals surface area contributed by atoms with Crippen molar-refractivity contribution in [1.29, 1.82) is 0 Å². The number of phenols is 29. The van der Waals surface area contributed by atoms with E-state index in [1.165, 1.54) is 0 Å². The molecule has 10 atom stereocenters. The molecule has 4 heterocycles. The summed E-state index contributed by atoms with van der Waals surface area (Å²) in [5, 5.41) is 316. The predicted octanol–water partition coefficient (Wildman–Crippen LogP) is 3.73. The number of benzene rings is 10. The number of aromatic hydroxyl groups is 29. The Kier molecular flexibility index (Phi) is 23.2. The number of fused-ring (bicyclic) bond motifs is 8. The van der Waals surface area contributed by atoms with E-state index in [0.29, 0.717) is 66.7 Å². The van der Waals surface area contributed by atoms with Crippen LogP contribution < -0.4 is 4.74 Å². The van der Waals surface area contributed by atoms with Gasteiger partial charge in [-0.15, -0.1) is 0 Å². The number of cyclic esters (lactones) is 2. The van der Waals surface area contributed by atoms with Crippen molar-refractivity contribution in [1.82, 2.24) is 0 Å². The molecule has 10 aromatic carbocycles. The third kappa shape index (κ3) is 16.2. The molecule has 4 aliphatic heterocycles. The van der Waals surface area contributed by atoms with Crippen LogP contribution in [0.4, 0.5) is 0 Å². The maximum Gasteiger partial charge on any atom is 0.344 e. The topological polar surface area (TPSA) is 877 Å². The first-order valence-corrected chi connectivity index (χ1v) is 37.0. The van der Waals surface area contributed by atoms with Crippen LogP contribution >= 0.6 is 0 Å². The van der Waals surface area contributed by atoms with Gasteiger partial charge in [0.15, 0.2) is 168 Å². The fourth-order valence-corrected chi connectivity index (χ4v) is 13.9. The summed E-state index contributed by atoms with van der Waals surface area (Å²) in [6.45, 7) is -3.20. The van der Waals surface area contributed by atoms with Gasteiger partial charge in [0.05, 0.1) is 50.1 Å². The molecular weight excluding hydrogens is 1820 g/mol. The van der Waals surface area contributed by atoms with Gasteiger partial charge in [0.1, 0.15) is 31.0 Å². The molecule has 52 heteroatoms. The summed E-state index contributed by atoms with van der Waals surface area (Å²) in [6.07, 6.45) is -28.8. The van der Waals surface area contributed by atoms with Crippen molar-refractivity contribution in [2.45, 2.75) is 61.4 Å². The molecule has 134 heavy (non-hydrogen) atoms. The highest BCUT2D eigenvalue weighted by atomic mass is 16.8. The number of rotatable bonds is 14. The second-order valence-corrected chi connectivity index (χ2v) is 28.7. The van der Waals surface area contributed by atoms with E-state index in [1.54, 1.807) is 0 Å². The zero-order chi connectivity index (χ0) is 97.7. The first-order valence-electron chi connectivity index (χ1n) is 37.0. The predicted molar refractivity (Wildman–Crippen MR) is 415 cm³/mol. The van der Waals surface area contributed by atoms with Crippen LogP contribution in [0.2, 0.25) is 0 Å². The summed E-state index contributed by atoms with van der Waals surface area (Å²) in [6, 6.07) is 4.77. The minimum Gasteiger partial charge on any atom is -0.504 e. The molecule has 14 rings (SSSR count). The van der Waals surface area contributed by atoms with Crippen molar-refractivity contribution in [3.8, 4) is 200 Å². The smallest absolute Gasteiger partial charge is 0.344 e. The molecule has 698 valence electrons. The molecule has 0 aliphatic carbocycles. The Morgan fingerprint density at radius 2 is 0.485 bits per heavy atom. The first kappa shape index (κ1) is 91.0. The summed E-state index contributed by atoms with van der Waals surface area (Å²) in [5.74, 6) is -66.5. The van der Waals surface area contributed by atoms with E-state index in [9.17, 15) is 182 Å². The third-order valence-electron chi connectivity index (χ3n) is 20.4. The number of hydrogen-bond acceptors (Lipinski definition) is 52. The van der Waals surface area contributed by atoms with Crippen LogP contribution in [-0.2, 0) is 56.8 Å². The average molecular weight is 1880 g/mol. The van der Waals surface area contributed by atoms with Crippen LogP contribution in [0.1, 0.15) is 104 Å². The van der Waals surface area contributed by atoms with Gasteiger partial charge in [-0.25, -0.2) is 47.9 Å². The lowest BCUT2D eigenvalue weighted by molar-refractivity contribution is -0.282. The van der Waals surface area contributed by atoms with E-state index in [2.05, 4.69) is 0 Å². The molecule has 4 aliphatic rings. The summed E-state index contributed by atoms with van der Waals surface area (Å²) in [4.78, 5) is 149. The Labute approximate surface area is 736 Å². The van der Waals surface area contributed by atoms with Crippen LogP contribution in [0.3, 0.4) is 0 Å². The van der Waals surface area contributed by atoms with E-state index < -0.39 is 390 Å². The fraction of sp³-hybridized carbons (Fsp3) is 0.146. The van der Waals surface area contributed by atoms with Gasteiger partial charge in [0.2, 0.25) is 59.3 Å². The number of ether oxygens (including phenoxy) is 13. The normalized spacial score (nSPS) is 19.1. The lowest BCUT2D eigenvalue weighted by Crippen LogP contribution is -2.63. The Balaban J connectivity index is 0.929. The monoisotopic (exact) mass is 1870 g/mol. The van der Waals surface area contributed by atoms with Crippen molar-refractivity contribution in [2.75, 3.05) is 13.2 Å². The molecule has 52 nitrogen and oxygen atoms in total. The average Bonchev–Trinajstić information content (AvgIpc) is 1.06. The summed E-state index contributed by atoms with van der Waals surface area (Å²) < 4.78 is 74.5. The van der Waals surface area contributed by atoms with Crippen molar-refractivity contribution in [2.24, 2.45) is 0 Å². The summed E-state index contributed by atoms with van der Waals surface area (Å²) >= 11 is 0. The van der Waals surface area contributed by atoms with E-state index >= 15 is 14.4 Å². The molecule has 10 unspecified atom stereocenters. The van der Waals surface area contributed by atoms with Crippen LogP contribution in [0.5, 0.6) is 178 Å². The van der Waals surface area contributed by atoms with Crippen LogP contribution in [0.15, 0.2) is 91.0 Å². The highest BCUT2D eigenvalue weighted by Gasteiger charge is 2.58. The van der Waals surface area contributed by atoms with Crippen molar-refractivity contribution in [3.63, 3.8) is 0 Å². The molecule has 0 bridgehead atoms. The summed E-state index contributed by atoms with van der Waals surface area (Å²) in [7, 11) is 0. The second-order valence-electron chi connectivity index (χ2n) is 28.7. The molecule has 10 aromatic rings. The number of hydrogen-bond donors (Lipinski definition) is 29. The maximum absolute atomic E-state index is 15.9. The minimum atomic E-state index is -3.16. The number of esters is 10. The van der Waals surface area contributed by atoms with Gasteiger partial charge in [-0.2, -0.15) is 0 Å². The molecule has 0 amide bonds. The van der Waals surface area contributed by atoms with Crippen molar-refractivity contribution >= 4 is 59.7 Å². The van der Waals surface area contributed by atoms with E-state index in [4.69, 9.17) is 61.6 Å². The Hall–Kier alpha value is -19.2. The zero-order valence-corrected chi connectivity index (χ0v) is 65.7. The number of phenolic OH excluding ortho intramolecular Hbond substituents is 29. The highest BCUT2D eigenvalue weighted by molar-refractivity contribution is 6.11. The molecule has 2 fully saturated rings. The van der Waals surface area contributed by atoms with Crippen molar-refractivity contribution < 1.29 is 258 Å². The zero-order valence-electron chi connectivity index (χ0n) is 65.7. The van der Waals surface area contributed by atoms with Crippen LogP contribution in [-0.4, -0.2) is 282 Å². The minimum absolute atomic E-state index is 0.0509. The van der Waals surface area contributed by atoms with Gasteiger partial charge in [0.25, 0.3) is 0 Å². The van der Waals surface area contributed by atoms with E-state index in [0.717, 1.165) is 0 Å². The van der Waals surface area contributed by atoms with Gasteiger partial charge in [-0.05, 0) is 78.9 Å². The molecule has 0 spiro atoms. The van der Waals surface area contributed by atoms with Crippen LogP contribution in [0.25, 0.3) is 22.3 Å². The quantitative estimate of drug-likeness (QED) is 0.0419. The molecule has 29 N–H and O–H groups in total. The van der Waals surface area contributed by atoms with E-state index in [1.807, 2.05) is 0 Å². The molecule has 0 radical (unpaired) electrons. The first-order chi connectivity index (χ1) is 63.0. The van der Waals surface area contributed by atoms with Gasteiger partial charge in [0, 0.05) is 34.4 Å². The molecule has 0 saturated carbocycles. The van der Waals surface area contributed by atoms with Gasteiger partial charge >= 0.3 is 59.7 Å². The summed E-state index contributed by atoms with van der Waals surface area (Å²) in [5.41, 5.74) is -17.9. The Bertz CT molecular complexity index is 6630. The number of carbonyl (C=O) groups excluding carboxylic acids is 10. The fourth-order valence-electron chi connectivity index (χ4n) is 13.9. The van der Waals surface area contributed by atoms with E-state index in [-0.39, 0.29) is 24.3 Å². The lowest BCUT2D eigenvalue weighted by atomic mass is 9.91. The maximum atomic E-state index is 15.9. The van der Waals surface area contributed by atoms with Crippen LogP contribution in [0, 0.1) is 0 Å². The largest absolute Gasteiger partial charge is 0.504 e. The standard InChI is InChI=1S/C82H58O52/c83-28-1-18(2-29(84)49(28)97)71(112)129-67-66-43(125-81(133-75(116)22-9-36(91)53(101)37(92)10-22)69(67)131-73(114)20-5-32(87)51(99)33(88)6-20)16-122-77(118)24-12-39(94)55(103)60(108)46(24)48-26(79(120)128-66)15-42(58(106)62(48)110)124-64-27(14-41(96)57(105)63(64)111)80(121)134-82-70(132-74(115)21-7-34(89)52(100)35(90)8-21)68(130-72(113)19-3-30(85)50(98)31(86)4-19)65-44(126-82)17-123-76(117)23-11-38(93)54(102)59(107)45(23)47-25(78(119)127-65)13-40(95)56(104)61(47)109/h1-15,43-44,65-70,81-111H,16-17H2. The van der Waals surface area contributed by atoms with Gasteiger partial charge in [-0.3, -0.25) is 0 Å². The van der Waals surface area contributed by atoms with Gasteiger partial charge in [-0.1, -0.05) is 0 Å². The second kappa shape index (κ2) is 34.2. The molecule has 0 aromatic heterocycles. The van der Waals surface area contributed by atoms with Crippen molar-refractivity contribution in [3.05, 3.63) is 147 Å². The lowest BCUT2D eigenvalue weighted by Gasteiger charge is -2.43. The Morgan fingerprint density at radius 1 is 0.246 bits per heavy atom. The third-order valence-corrected chi connectivity index (χ3v) is 20.4. The number of carbonyl (C=O) groups is 10. The van der Waals surface area contributed by atoms with Gasteiger partial charge < -0.3 is 210 Å². The SMILES string of the molecule is O=C(OC1OC2COC(=O)c3cc(O)c(O)c(O)c3-c3c(cc(Oc4c(C(=O)OC5OC6COC(=O)c7cc(O)c(O)c(O)c7-c7c(cc(O)c(O)c7O)C(=O)OC6C(OC(=O)c6cc(O)c(O)c(O)c6)C5OC(=O)c5cc(O)c(O)c(O)c5)cc(O)c(O)c4O)c(O)c3O)C(=O)OC2C(OC(=O)c2cc(O)c(O)c(O)c2)C1OC(=O)c1cc(O)c(O)c(O)c1)c1cc(O)c(O)c(O)c1. The molecular formula is C82H58O52.